The molecule has 0 radical (unpaired) electrons. The third kappa shape index (κ3) is 7.71. The molecular weight excluding hydrogens is 392 g/mol. The summed E-state index contributed by atoms with van der Waals surface area (Å²) in [5.41, 5.74) is 2.25. The number of benzene rings is 1. The first kappa shape index (κ1) is 22.8. The summed E-state index contributed by atoms with van der Waals surface area (Å²) in [4.78, 5) is 22.5. The van der Waals surface area contributed by atoms with Gasteiger partial charge >= 0.3 is 0 Å². The second-order valence-electron chi connectivity index (χ2n) is 8.14. The Morgan fingerprint density at radius 3 is 2.55 bits per heavy atom. The number of carbonyl (C=O) groups is 1. The number of ether oxygens (including phenoxy) is 1. The largest absolute Gasteiger partial charge is 0.486 e. The minimum absolute atomic E-state index is 0.00533. The molecule has 2 heterocycles. The summed E-state index contributed by atoms with van der Waals surface area (Å²) >= 11 is 0. The van der Waals surface area contributed by atoms with Gasteiger partial charge in [-0.15, -0.1) is 0 Å². The van der Waals surface area contributed by atoms with E-state index in [0.717, 1.165) is 12.2 Å². The molecule has 1 saturated heterocycles. The van der Waals surface area contributed by atoms with E-state index >= 15 is 0 Å². The number of amides is 1. The number of nitrogens with one attached hydrogen (secondary N) is 3. The predicted octanol–water partition coefficient (Wildman–Crippen LogP) is 3.54. The van der Waals surface area contributed by atoms with E-state index in [1.165, 1.54) is 44.8 Å². The highest BCUT2D eigenvalue weighted by Gasteiger charge is 2.12. The van der Waals surface area contributed by atoms with Crippen LogP contribution >= 0.6 is 0 Å². The first-order chi connectivity index (χ1) is 15.0. The second kappa shape index (κ2) is 11.5. The van der Waals surface area contributed by atoms with Crippen LogP contribution in [0.3, 0.4) is 0 Å². The number of aromatic nitrogens is 2. The molecule has 31 heavy (non-hydrogen) atoms. The third-order valence-electron chi connectivity index (χ3n) is 4.97. The van der Waals surface area contributed by atoms with Crippen LogP contribution in [0.25, 0.3) is 0 Å². The van der Waals surface area contributed by atoms with E-state index in [1.807, 2.05) is 13.8 Å². The summed E-state index contributed by atoms with van der Waals surface area (Å²) < 4.78 is 5.81. The molecule has 3 N–H and O–H groups in total. The highest BCUT2D eigenvalue weighted by atomic mass is 16.5. The van der Waals surface area contributed by atoms with Crippen molar-refractivity contribution in [3.8, 4) is 5.75 Å². The van der Waals surface area contributed by atoms with Crippen LogP contribution in [0.1, 0.15) is 45.6 Å². The van der Waals surface area contributed by atoms with E-state index in [0.29, 0.717) is 30.6 Å². The fraction of sp³-hybridized carbons (Fsp3) is 0.522. The van der Waals surface area contributed by atoms with Crippen molar-refractivity contribution >= 4 is 23.4 Å². The quantitative estimate of drug-likeness (QED) is 0.501. The maximum absolute atomic E-state index is 11.1. The van der Waals surface area contributed by atoms with Gasteiger partial charge < -0.3 is 20.7 Å². The third-order valence-corrected chi connectivity index (χ3v) is 4.97. The van der Waals surface area contributed by atoms with Gasteiger partial charge in [-0.3, -0.25) is 9.69 Å². The van der Waals surface area contributed by atoms with Crippen molar-refractivity contribution in [3.05, 3.63) is 36.0 Å². The lowest BCUT2D eigenvalue weighted by atomic mass is 10.1. The molecule has 0 spiro atoms. The Morgan fingerprint density at radius 2 is 1.87 bits per heavy atom. The number of hydrogen-bond donors (Lipinski definition) is 3. The van der Waals surface area contributed by atoms with Gasteiger partial charge in [-0.1, -0.05) is 18.6 Å². The molecule has 1 aromatic heterocycles. The molecule has 1 aromatic carbocycles. The number of nitrogens with zero attached hydrogens (tertiary/aromatic N) is 3. The molecule has 0 bridgehead atoms. The SMILES string of the molecule is CC(=O)NCCNc1nc(Nc2ccc(CN3CCCCC3)cc2)ncc1OC(C)C. The average Bonchev–Trinajstić information content (AvgIpc) is 2.74. The van der Waals surface area contributed by atoms with Gasteiger partial charge in [0.25, 0.3) is 0 Å². The minimum Gasteiger partial charge on any atom is -0.486 e. The van der Waals surface area contributed by atoms with Crippen LogP contribution < -0.4 is 20.7 Å². The molecule has 1 aliphatic rings. The van der Waals surface area contributed by atoms with E-state index in [4.69, 9.17) is 4.74 Å². The summed E-state index contributed by atoms with van der Waals surface area (Å²) in [6, 6.07) is 8.43. The normalized spacial score (nSPS) is 14.3. The summed E-state index contributed by atoms with van der Waals surface area (Å²) in [5.74, 6) is 1.61. The van der Waals surface area contributed by atoms with Crippen LogP contribution in [0, 0.1) is 0 Å². The van der Waals surface area contributed by atoms with Crippen LogP contribution in [0.4, 0.5) is 17.5 Å². The van der Waals surface area contributed by atoms with Crippen LogP contribution in [0.2, 0.25) is 0 Å². The molecule has 0 aliphatic carbocycles. The molecule has 0 unspecified atom stereocenters. The van der Waals surface area contributed by atoms with Gasteiger partial charge in [0.2, 0.25) is 11.9 Å². The monoisotopic (exact) mass is 426 g/mol. The molecule has 1 amide bonds. The fourth-order valence-electron chi connectivity index (χ4n) is 3.52. The second-order valence-corrected chi connectivity index (χ2v) is 8.14. The number of piperidine rings is 1. The molecule has 168 valence electrons. The van der Waals surface area contributed by atoms with Crippen LogP contribution in [0.5, 0.6) is 5.75 Å². The average molecular weight is 427 g/mol. The maximum atomic E-state index is 11.1. The van der Waals surface area contributed by atoms with Gasteiger partial charge in [-0.05, 0) is 57.5 Å². The van der Waals surface area contributed by atoms with E-state index in [9.17, 15) is 4.79 Å². The van der Waals surface area contributed by atoms with Gasteiger partial charge in [0.15, 0.2) is 11.6 Å². The molecule has 1 aliphatic heterocycles. The number of carbonyl (C=O) groups excluding carboxylic acids is 1. The Bertz CT molecular complexity index is 834. The Hall–Kier alpha value is -2.87. The Labute approximate surface area is 184 Å². The van der Waals surface area contributed by atoms with E-state index < -0.39 is 0 Å². The molecule has 2 aromatic rings. The van der Waals surface area contributed by atoms with Gasteiger partial charge in [-0.2, -0.15) is 4.98 Å². The number of likely N-dealkylation sites (tertiary alicyclic amines) is 1. The molecular formula is C23H34N6O2. The number of anilines is 3. The molecule has 3 rings (SSSR count). The first-order valence-corrected chi connectivity index (χ1v) is 11.1. The van der Waals surface area contributed by atoms with Gasteiger partial charge in [0.1, 0.15) is 0 Å². The summed E-state index contributed by atoms with van der Waals surface area (Å²) in [5, 5.41) is 9.24. The van der Waals surface area contributed by atoms with Gasteiger partial charge in [0.05, 0.1) is 12.3 Å². The van der Waals surface area contributed by atoms with E-state index in [1.54, 1.807) is 6.20 Å². The Kier molecular flexibility index (Phi) is 8.46. The molecule has 0 atom stereocenters. The Morgan fingerprint density at radius 1 is 1.13 bits per heavy atom. The molecule has 8 nitrogen and oxygen atoms in total. The summed E-state index contributed by atoms with van der Waals surface area (Å²) in [6.07, 6.45) is 5.62. The predicted molar refractivity (Wildman–Crippen MR) is 124 cm³/mol. The smallest absolute Gasteiger partial charge is 0.229 e. The summed E-state index contributed by atoms with van der Waals surface area (Å²) in [7, 11) is 0. The van der Waals surface area contributed by atoms with Crippen molar-refractivity contribution in [3.63, 3.8) is 0 Å². The standard InChI is InChI=1S/C23H34N6O2/c1-17(2)31-21-15-26-23(28-22(21)25-12-11-24-18(3)30)27-20-9-7-19(8-10-20)16-29-13-5-4-6-14-29/h7-10,15,17H,4-6,11-14,16H2,1-3H3,(H,24,30)(H2,25,26,27,28). The lowest BCUT2D eigenvalue weighted by Gasteiger charge is -2.26. The van der Waals surface area contributed by atoms with Crippen molar-refractivity contribution < 1.29 is 9.53 Å². The fourth-order valence-corrected chi connectivity index (χ4v) is 3.52. The van der Waals surface area contributed by atoms with Crippen molar-refractivity contribution in [2.75, 3.05) is 36.8 Å². The van der Waals surface area contributed by atoms with Crippen molar-refractivity contribution in [2.45, 2.75) is 52.7 Å². The molecule has 1 fully saturated rings. The highest BCUT2D eigenvalue weighted by molar-refractivity contribution is 5.72. The molecule has 0 saturated carbocycles. The topological polar surface area (TPSA) is 91.4 Å². The zero-order valence-electron chi connectivity index (χ0n) is 18.8. The molecule has 8 heteroatoms. The first-order valence-electron chi connectivity index (χ1n) is 11.1. The zero-order valence-corrected chi connectivity index (χ0v) is 18.8. The lowest BCUT2D eigenvalue weighted by Crippen LogP contribution is -2.29. The Balaban J connectivity index is 1.62. The highest BCUT2D eigenvalue weighted by Crippen LogP contribution is 2.25. The minimum atomic E-state index is -0.0609. The van der Waals surface area contributed by atoms with Gasteiger partial charge in [0, 0.05) is 32.2 Å². The van der Waals surface area contributed by atoms with Gasteiger partial charge in [-0.25, -0.2) is 4.98 Å². The van der Waals surface area contributed by atoms with Crippen LogP contribution in [-0.4, -0.2) is 53.1 Å². The maximum Gasteiger partial charge on any atom is 0.229 e. The van der Waals surface area contributed by atoms with Crippen molar-refractivity contribution in [2.24, 2.45) is 0 Å². The van der Waals surface area contributed by atoms with Crippen LogP contribution in [-0.2, 0) is 11.3 Å². The zero-order chi connectivity index (χ0) is 22.1. The van der Waals surface area contributed by atoms with Crippen molar-refractivity contribution in [1.82, 2.24) is 20.2 Å². The van der Waals surface area contributed by atoms with Crippen LogP contribution in [0.15, 0.2) is 30.5 Å². The lowest BCUT2D eigenvalue weighted by molar-refractivity contribution is -0.118. The number of rotatable bonds is 10. The van der Waals surface area contributed by atoms with E-state index in [-0.39, 0.29) is 12.0 Å². The summed E-state index contributed by atoms with van der Waals surface area (Å²) in [6.45, 7) is 9.83. The van der Waals surface area contributed by atoms with Crippen molar-refractivity contribution in [1.29, 1.82) is 0 Å². The number of hydrogen-bond acceptors (Lipinski definition) is 7. The van der Waals surface area contributed by atoms with E-state index in [2.05, 4.69) is 55.1 Å².